The number of hydrogen-bond acceptors (Lipinski definition) is 4. The van der Waals surface area contributed by atoms with Gasteiger partial charge in [0, 0.05) is 36.6 Å². The van der Waals surface area contributed by atoms with Crippen molar-refractivity contribution in [2.24, 2.45) is 17.3 Å². The minimum atomic E-state index is -3.74. The normalized spacial score (nSPS) is 32.3. The maximum Gasteiger partial charge on any atom is 0.304 e. The number of fused-ring (bicyclic) bond motifs is 1. The first-order valence-electron chi connectivity index (χ1n) is 12.5. The molecule has 3 fully saturated rings. The van der Waals surface area contributed by atoms with E-state index in [0.29, 0.717) is 16.5 Å². The van der Waals surface area contributed by atoms with Gasteiger partial charge < -0.3 is 10.0 Å². The van der Waals surface area contributed by atoms with Gasteiger partial charge in [-0.05, 0) is 60.1 Å². The van der Waals surface area contributed by atoms with Gasteiger partial charge in [-0.15, -0.1) is 0 Å². The van der Waals surface area contributed by atoms with E-state index in [-0.39, 0.29) is 36.6 Å². The van der Waals surface area contributed by atoms with Gasteiger partial charge in [0.2, 0.25) is 5.91 Å². The molecule has 0 aromatic heterocycles. The Hall–Kier alpha value is -2.17. The van der Waals surface area contributed by atoms with E-state index in [9.17, 15) is 23.1 Å². The monoisotopic (exact) mass is 579 g/mol. The number of nitrogens with zero attached hydrogens (tertiary/aromatic N) is 2. The summed E-state index contributed by atoms with van der Waals surface area (Å²) in [4.78, 5) is 28.2. The van der Waals surface area contributed by atoms with Crippen LogP contribution in [-0.4, -0.2) is 60.8 Å². The quantitative estimate of drug-likeness (QED) is 0.460. The average Bonchev–Trinajstić information content (AvgIpc) is 3.74. The van der Waals surface area contributed by atoms with E-state index in [4.69, 9.17) is 23.2 Å². The molecule has 1 saturated heterocycles. The minimum absolute atomic E-state index is 0.0596. The smallest absolute Gasteiger partial charge is 0.304 e. The molecule has 8 nitrogen and oxygen atoms in total. The summed E-state index contributed by atoms with van der Waals surface area (Å²) < 4.78 is 29.2. The number of carbonyl (C=O) groups excluding carboxylic acids is 1. The Morgan fingerprint density at radius 1 is 1.11 bits per heavy atom. The molecule has 2 unspecified atom stereocenters. The third-order valence-electron chi connectivity index (χ3n) is 8.53. The van der Waals surface area contributed by atoms with Crippen molar-refractivity contribution in [3.8, 4) is 0 Å². The first kappa shape index (κ1) is 27.4. The Balaban J connectivity index is 1.66. The number of rotatable bonds is 9. The highest BCUT2D eigenvalue weighted by Gasteiger charge is 2.81. The molecule has 0 bridgehead atoms. The summed E-state index contributed by atoms with van der Waals surface area (Å²) in [5, 5.41) is 10.9. The second kappa shape index (κ2) is 9.48. The second-order valence-electron chi connectivity index (χ2n) is 11.2. The number of carboxylic acids is 1. The largest absolute Gasteiger partial charge is 0.481 e. The van der Waals surface area contributed by atoms with Crippen LogP contribution in [0.2, 0.25) is 10.0 Å². The summed E-state index contributed by atoms with van der Waals surface area (Å²) in [7, 11) is -0.843. The standard InChI is InChI=1S/C27H31Cl2N3O5S/c1-26(14-23(33)34)13-20(17-5-4-6-19(29)11-17)24(16-7-9-18(28)10-8-16)32(25(26)35)27(21-12-22(21)27)15-30-38(36,37)31(2)3/h4-11,20-22,24,30H,12-15H2,1-3H3,(H,33,34)/t20-,21?,22?,24-,26-,27?/m1/s1. The van der Waals surface area contributed by atoms with Gasteiger partial charge in [-0.1, -0.05) is 54.4 Å². The zero-order valence-electron chi connectivity index (χ0n) is 21.4. The topological polar surface area (TPSA) is 107 Å². The van der Waals surface area contributed by atoms with Gasteiger partial charge in [-0.25, -0.2) is 0 Å². The van der Waals surface area contributed by atoms with Crippen molar-refractivity contribution < 1.29 is 23.1 Å². The van der Waals surface area contributed by atoms with Crippen molar-refractivity contribution in [1.29, 1.82) is 0 Å². The van der Waals surface area contributed by atoms with Crippen LogP contribution in [0.1, 0.15) is 49.3 Å². The third-order valence-corrected chi connectivity index (χ3v) is 10.5. The van der Waals surface area contributed by atoms with Gasteiger partial charge in [0.25, 0.3) is 10.2 Å². The number of piperidine rings is 1. The molecule has 2 aromatic rings. The molecule has 2 saturated carbocycles. The number of benzene rings is 2. The lowest BCUT2D eigenvalue weighted by Gasteiger charge is -2.54. The second-order valence-corrected chi connectivity index (χ2v) is 14.1. The van der Waals surface area contributed by atoms with Gasteiger partial charge in [0.15, 0.2) is 0 Å². The maximum atomic E-state index is 14.4. The molecule has 3 aliphatic rings. The van der Waals surface area contributed by atoms with Crippen LogP contribution in [0.25, 0.3) is 0 Å². The number of hydrogen-bond donors (Lipinski definition) is 2. The zero-order valence-corrected chi connectivity index (χ0v) is 23.7. The Bertz CT molecular complexity index is 1380. The molecule has 0 radical (unpaired) electrons. The van der Waals surface area contributed by atoms with E-state index in [1.54, 1.807) is 25.1 Å². The molecule has 0 spiro atoms. The van der Waals surface area contributed by atoms with Crippen LogP contribution in [0.3, 0.4) is 0 Å². The minimum Gasteiger partial charge on any atom is -0.481 e. The van der Waals surface area contributed by atoms with Crippen LogP contribution in [0.5, 0.6) is 0 Å². The molecular weight excluding hydrogens is 549 g/mol. The predicted molar refractivity (Wildman–Crippen MR) is 145 cm³/mol. The highest BCUT2D eigenvalue weighted by molar-refractivity contribution is 7.87. The fraction of sp³-hybridized carbons (Fsp3) is 0.481. The van der Waals surface area contributed by atoms with Gasteiger partial charge in [-0.3, -0.25) is 9.59 Å². The van der Waals surface area contributed by atoms with Crippen molar-refractivity contribution in [2.75, 3.05) is 20.6 Å². The fourth-order valence-corrected chi connectivity index (χ4v) is 7.36. The summed E-state index contributed by atoms with van der Waals surface area (Å²) in [5.41, 5.74) is -0.178. The molecular formula is C27H31Cl2N3O5S. The summed E-state index contributed by atoms with van der Waals surface area (Å²) in [6.45, 7) is 1.77. The lowest BCUT2D eigenvalue weighted by Crippen LogP contribution is -2.62. The number of halogens is 2. The Kier molecular flexibility index (Phi) is 6.84. The molecule has 2 N–H and O–H groups in total. The SMILES string of the molecule is CN(C)S(=O)(=O)NCC1(N2C(=O)[C@@](C)(CC(=O)O)C[C@H](c3cccc(Cl)c3)[C@H]2c2ccc(Cl)cc2)C2CC21. The van der Waals surface area contributed by atoms with Crippen molar-refractivity contribution in [3.05, 3.63) is 69.7 Å². The maximum absolute atomic E-state index is 14.4. The number of amides is 1. The molecule has 1 amide bonds. The van der Waals surface area contributed by atoms with Crippen LogP contribution in [0, 0.1) is 17.3 Å². The number of likely N-dealkylation sites (tertiary alicyclic amines) is 1. The van der Waals surface area contributed by atoms with Crippen LogP contribution in [0.4, 0.5) is 0 Å². The van der Waals surface area contributed by atoms with E-state index in [1.165, 1.54) is 14.1 Å². The molecule has 2 aromatic carbocycles. The molecule has 38 heavy (non-hydrogen) atoms. The molecule has 5 rings (SSSR count). The number of nitrogens with one attached hydrogen (secondary N) is 1. The Morgan fingerprint density at radius 2 is 1.76 bits per heavy atom. The molecule has 5 atom stereocenters. The third kappa shape index (κ3) is 4.62. The molecule has 2 aliphatic carbocycles. The van der Waals surface area contributed by atoms with Crippen molar-refractivity contribution in [2.45, 2.75) is 43.7 Å². The Morgan fingerprint density at radius 3 is 2.29 bits per heavy atom. The van der Waals surface area contributed by atoms with E-state index in [0.717, 1.165) is 21.9 Å². The molecule has 11 heteroatoms. The summed E-state index contributed by atoms with van der Waals surface area (Å²) >= 11 is 12.6. The van der Waals surface area contributed by atoms with Crippen LogP contribution in [0.15, 0.2) is 48.5 Å². The lowest BCUT2D eigenvalue weighted by atomic mass is 9.66. The zero-order chi connectivity index (χ0) is 27.6. The van der Waals surface area contributed by atoms with Crippen molar-refractivity contribution in [1.82, 2.24) is 13.9 Å². The number of carbonyl (C=O) groups is 2. The number of aliphatic carboxylic acids is 1. The average molecular weight is 581 g/mol. The molecule has 1 aliphatic heterocycles. The molecule has 1 heterocycles. The van der Waals surface area contributed by atoms with Crippen molar-refractivity contribution >= 4 is 45.3 Å². The van der Waals surface area contributed by atoms with Gasteiger partial charge in [-0.2, -0.15) is 17.4 Å². The van der Waals surface area contributed by atoms with Crippen LogP contribution < -0.4 is 4.72 Å². The van der Waals surface area contributed by atoms with Crippen LogP contribution >= 0.6 is 23.2 Å². The van der Waals surface area contributed by atoms with E-state index in [1.807, 2.05) is 35.2 Å². The predicted octanol–water partition coefficient (Wildman–Crippen LogP) is 4.32. The van der Waals surface area contributed by atoms with Crippen LogP contribution in [-0.2, 0) is 19.8 Å². The van der Waals surface area contributed by atoms with E-state index < -0.39 is 33.2 Å². The van der Waals surface area contributed by atoms with Gasteiger partial charge in [0.1, 0.15) is 0 Å². The van der Waals surface area contributed by atoms with Gasteiger partial charge >= 0.3 is 5.97 Å². The van der Waals surface area contributed by atoms with Crippen molar-refractivity contribution in [3.63, 3.8) is 0 Å². The number of carboxylic acid groups (broad SMARTS) is 1. The first-order valence-corrected chi connectivity index (χ1v) is 14.7. The summed E-state index contributed by atoms with van der Waals surface area (Å²) in [6.07, 6.45) is 0.872. The fourth-order valence-electron chi connectivity index (χ4n) is 6.36. The first-order chi connectivity index (χ1) is 17.8. The Labute approximate surface area is 233 Å². The lowest BCUT2D eigenvalue weighted by molar-refractivity contribution is -0.163. The molecule has 204 valence electrons. The van der Waals surface area contributed by atoms with E-state index >= 15 is 0 Å². The summed E-state index contributed by atoms with van der Waals surface area (Å²) in [5.74, 6) is -1.30. The highest BCUT2D eigenvalue weighted by atomic mass is 35.5. The summed E-state index contributed by atoms with van der Waals surface area (Å²) in [6, 6.07) is 14.3. The van der Waals surface area contributed by atoms with Gasteiger partial charge in [0.05, 0.1) is 23.4 Å². The van der Waals surface area contributed by atoms with E-state index in [2.05, 4.69) is 4.72 Å². The highest BCUT2D eigenvalue weighted by Crippen LogP contribution is 2.76.